The minimum Gasteiger partial charge on any atom is -0.383 e. The standard InChI is InChI=1S/C22H27FN6O/c1-30-16-15-29-22(24-25-26-29)21(19-7-9-20(23)10-8-19)28-13-11-27(12-14-28)17-18-5-3-2-4-6-18/h2-10,21H,11-17H2,1H3. The summed E-state index contributed by atoms with van der Waals surface area (Å²) in [6, 6.07) is 17.0. The molecular weight excluding hydrogens is 383 g/mol. The molecule has 0 spiro atoms. The first-order chi connectivity index (χ1) is 14.7. The molecule has 8 heteroatoms. The summed E-state index contributed by atoms with van der Waals surface area (Å²) in [6.45, 7) is 5.71. The van der Waals surface area contributed by atoms with Crippen molar-refractivity contribution in [1.82, 2.24) is 30.0 Å². The Hall–Kier alpha value is -2.68. The van der Waals surface area contributed by atoms with Crippen molar-refractivity contribution in [3.63, 3.8) is 0 Å². The van der Waals surface area contributed by atoms with Crippen LogP contribution >= 0.6 is 0 Å². The molecule has 1 unspecified atom stereocenters. The Kier molecular flexibility index (Phi) is 6.78. The van der Waals surface area contributed by atoms with Gasteiger partial charge in [-0.25, -0.2) is 9.07 Å². The monoisotopic (exact) mass is 410 g/mol. The fourth-order valence-corrected chi connectivity index (χ4v) is 3.93. The summed E-state index contributed by atoms with van der Waals surface area (Å²) in [7, 11) is 1.66. The quantitative estimate of drug-likeness (QED) is 0.568. The van der Waals surface area contributed by atoms with Gasteiger partial charge in [0.05, 0.1) is 19.2 Å². The van der Waals surface area contributed by atoms with Crippen LogP contribution in [0.1, 0.15) is 23.0 Å². The molecule has 7 nitrogen and oxygen atoms in total. The van der Waals surface area contributed by atoms with Gasteiger partial charge in [0.15, 0.2) is 5.82 Å². The molecule has 1 fully saturated rings. The first kappa shape index (κ1) is 20.6. The van der Waals surface area contributed by atoms with E-state index >= 15 is 0 Å². The number of piperazine rings is 1. The third-order valence-corrected chi connectivity index (χ3v) is 5.52. The molecule has 1 aliphatic heterocycles. The molecular formula is C22H27FN6O. The number of hydrogen-bond donors (Lipinski definition) is 0. The van der Waals surface area contributed by atoms with Gasteiger partial charge in [-0.15, -0.1) is 5.10 Å². The molecule has 1 atom stereocenters. The largest absolute Gasteiger partial charge is 0.383 e. The number of ether oxygens (including phenoxy) is 1. The third kappa shape index (κ3) is 4.89. The summed E-state index contributed by atoms with van der Waals surface area (Å²) in [5.74, 6) is 0.513. The summed E-state index contributed by atoms with van der Waals surface area (Å²) < 4.78 is 20.5. The van der Waals surface area contributed by atoms with Crippen molar-refractivity contribution in [2.75, 3.05) is 39.9 Å². The van der Waals surface area contributed by atoms with Crippen molar-refractivity contribution >= 4 is 0 Å². The van der Waals surface area contributed by atoms with Crippen molar-refractivity contribution < 1.29 is 9.13 Å². The van der Waals surface area contributed by atoms with Gasteiger partial charge in [0.25, 0.3) is 0 Å². The number of halogens is 1. The predicted molar refractivity (Wildman–Crippen MR) is 111 cm³/mol. The van der Waals surface area contributed by atoms with Crippen LogP contribution in [-0.4, -0.2) is 69.9 Å². The van der Waals surface area contributed by atoms with Crippen LogP contribution in [0.25, 0.3) is 0 Å². The maximum Gasteiger partial charge on any atom is 0.173 e. The van der Waals surface area contributed by atoms with Gasteiger partial charge in [-0.1, -0.05) is 42.5 Å². The molecule has 0 aliphatic carbocycles. The highest BCUT2D eigenvalue weighted by atomic mass is 19.1. The van der Waals surface area contributed by atoms with E-state index in [9.17, 15) is 4.39 Å². The lowest BCUT2D eigenvalue weighted by atomic mass is 10.0. The van der Waals surface area contributed by atoms with Crippen molar-refractivity contribution in [2.45, 2.75) is 19.1 Å². The summed E-state index contributed by atoms with van der Waals surface area (Å²) in [6.07, 6.45) is 0. The van der Waals surface area contributed by atoms with Gasteiger partial charge in [0.1, 0.15) is 5.82 Å². The second kappa shape index (κ2) is 9.88. The van der Waals surface area contributed by atoms with E-state index in [1.165, 1.54) is 17.7 Å². The predicted octanol–water partition coefficient (Wildman–Crippen LogP) is 2.37. The Morgan fingerprint density at radius 3 is 2.43 bits per heavy atom. The number of methoxy groups -OCH3 is 1. The second-order valence-corrected chi connectivity index (χ2v) is 7.50. The molecule has 1 saturated heterocycles. The maximum atomic E-state index is 13.6. The van der Waals surface area contributed by atoms with Crippen LogP contribution in [0, 0.1) is 5.82 Å². The zero-order valence-electron chi connectivity index (χ0n) is 17.2. The zero-order valence-corrected chi connectivity index (χ0v) is 17.2. The van der Waals surface area contributed by atoms with Crippen molar-refractivity contribution in [1.29, 1.82) is 0 Å². The molecule has 1 aromatic heterocycles. The second-order valence-electron chi connectivity index (χ2n) is 7.50. The minimum absolute atomic E-state index is 0.128. The highest BCUT2D eigenvalue weighted by Gasteiger charge is 2.30. The molecule has 4 rings (SSSR count). The Labute approximate surface area is 176 Å². The molecule has 0 N–H and O–H groups in total. The minimum atomic E-state index is -0.246. The van der Waals surface area contributed by atoms with Crippen molar-refractivity contribution in [3.05, 3.63) is 77.4 Å². The van der Waals surface area contributed by atoms with Crippen LogP contribution in [-0.2, 0) is 17.8 Å². The molecule has 1 aliphatic rings. The highest BCUT2D eigenvalue weighted by Crippen LogP contribution is 2.28. The van der Waals surface area contributed by atoms with E-state index in [2.05, 4.69) is 49.6 Å². The molecule has 0 radical (unpaired) electrons. The Bertz CT molecular complexity index is 909. The molecule has 0 saturated carbocycles. The van der Waals surface area contributed by atoms with E-state index in [-0.39, 0.29) is 11.9 Å². The fraction of sp³-hybridized carbons (Fsp3) is 0.409. The van der Waals surface area contributed by atoms with Crippen LogP contribution in [0.5, 0.6) is 0 Å². The molecule has 3 aromatic rings. The molecule has 0 bridgehead atoms. The van der Waals surface area contributed by atoms with Crippen molar-refractivity contribution in [2.24, 2.45) is 0 Å². The number of nitrogens with zero attached hydrogens (tertiary/aromatic N) is 6. The zero-order chi connectivity index (χ0) is 20.8. The first-order valence-corrected chi connectivity index (χ1v) is 10.3. The first-order valence-electron chi connectivity index (χ1n) is 10.3. The lowest BCUT2D eigenvalue weighted by Gasteiger charge is -2.39. The van der Waals surface area contributed by atoms with Gasteiger partial charge in [0.2, 0.25) is 0 Å². The summed E-state index contributed by atoms with van der Waals surface area (Å²) >= 11 is 0. The van der Waals surface area contributed by atoms with Crippen LogP contribution in [0.15, 0.2) is 54.6 Å². The van der Waals surface area contributed by atoms with Gasteiger partial charge in [0, 0.05) is 39.8 Å². The molecule has 2 heterocycles. The van der Waals surface area contributed by atoms with E-state index in [0.29, 0.717) is 13.2 Å². The number of tetrazole rings is 1. The number of rotatable bonds is 8. The lowest BCUT2D eigenvalue weighted by molar-refractivity contribution is 0.0988. The summed E-state index contributed by atoms with van der Waals surface area (Å²) in [4.78, 5) is 4.84. The van der Waals surface area contributed by atoms with Gasteiger partial charge in [-0.05, 0) is 33.7 Å². The van der Waals surface area contributed by atoms with E-state index < -0.39 is 0 Å². The third-order valence-electron chi connectivity index (χ3n) is 5.52. The van der Waals surface area contributed by atoms with E-state index in [1.54, 1.807) is 11.8 Å². The molecule has 2 aromatic carbocycles. The van der Waals surface area contributed by atoms with Crippen LogP contribution < -0.4 is 0 Å². The number of hydrogen-bond acceptors (Lipinski definition) is 6. The lowest BCUT2D eigenvalue weighted by Crippen LogP contribution is -2.48. The van der Waals surface area contributed by atoms with Gasteiger partial charge < -0.3 is 4.74 Å². The normalized spacial score (nSPS) is 16.6. The van der Waals surface area contributed by atoms with Crippen molar-refractivity contribution in [3.8, 4) is 0 Å². The molecule has 0 amide bonds. The number of benzene rings is 2. The Balaban J connectivity index is 1.52. The number of aromatic nitrogens is 4. The average Bonchev–Trinajstić information content (AvgIpc) is 3.24. The van der Waals surface area contributed by atoms with Crippen LogP contribution in [0.4, 0.5) is 4.39 Å². The molecule has 30 heavy (non-hydrogen) atoms. The SMILES string of the molecule is COCCn1nnnc1C(c1ccc(F)cc1)N1CCN(Cc2ccccc2)CC1. The van der Waals surface area contributed by atoms with Gasteiger partial charge >= 0.3 is 0 Å². The van der Waals surface area contributed by atoms with E-state index in [1.807, 2.05) is 18.2 Å². The highest BCUT2D eigenvalue weighted by molar-refractivity contribution is 5.25. The maximum absolute atomic E-state index is 13.6. The fourth-order valence-electron chi connectivity index (χ4n) is 3.93. The van der Waals surface area contributed by atoms with Crippen LogP contribution in [0.2, 0.25) is 0 Å². The summed E-state index contributed by atoms with van der Waals surface area (Å²) in [5, 5.41) is 12.4. The summed E-state index contributed by atoms with van der Waals surface area (Å²) in [5.41, 5.74) is 2.31. The molecule has 158 valence electrons. The smallest absolute Gasteiger partial charge is 0.173 e. The average molecular weight is 410 g/mol. The topological polar surface area (TPSA) is 59.3 Å². The Morgan fingerprint density at radius 1 is 1.00 bits per heavy atom. The Morgan fingerprint density at radius 2 is 1.73 bits per heavy atom. The van der Waals surface area contributed by atoms with Crippen LogP contribution in [0.3, 0.4) is 0 Å². The van der Waals surface area contributed by atoms with Gasteiger partial charge in [-0.3, -0.25) is 9.80 Å². The van der Waals surface area contributed by atoms with E-state index in [0.717, 1.165) is 44.1 Å². The van der Waals surface area contributed by atoms with Gasteiger partial charge in [-0.2, -0.15) is 0 Å². The van der Waals surface area contributed by atoms with E-state index in [4.69, 9.17) is 4.74 Å².